The summed E-state index contributed by atoms with van der Waals surface area (Å²) in [5.74, 6) is 0.365. The minimum atomic E-state index is -0.0510. The number of anilines is 1. The van der Waals surface area contributed by atoms with Crippen molar-refractivity contribution in [3.05, 3.63) is 48.8 Å². The molecule has 1 amide bonds. The fourth-order valence-corrected chi connectivity index (χ4v) is 5.06. The average Bonchev–Trinajstić information content (AvgIpc) is 3.26. The summed E-state index contributed by atoms with van der Waals surface area (Å²) < 4.78 is 1.93. The molecule has 3 N–H and O–H groups in total. The van der Waals surface area contributed by atoms with Gasteiger partial charge in [-0.3, -0.25) is 9.69 Å². The van der Waals surface area contributed by atoms with Gasteiger partial charge in [0.05, 0.1) is 11.4 Å². The number of aromatic nitrogens is 4. The number of likely N-dealkylation sites (tertiary alicyclic amines) is 1. The van der Waals surface area contributed by atoms with E-state index in [1.54, 1.807) is 0 Å². The Morgan fingerprint density at radius 2 is 2.09 bits per heavy atom. The van der Waals surface area contributed by atoms with Gasteiger partial charge >= 0.3 is 0 Å². The zero-order valence-electron chi connectivity index (χ0n) is 19.7. The molecule has 2 aliphatic heterocycles. The molecular weight excluding hydrogens is 428 g/mol. The van der Waals surface area contributed by atoms with Gasteiger partial charge in [-0.1, -0.05) is 30.8 Å². The summed E-state index contributed by atoms with van der Waals surface area (Å²) in [6.07, 6.45) is 4.67. The summed E-state index contributed by atoms with van der Waals surface area (Å²) in [6.45, 7) is 11.2. The lowest BCUT2D eigenvalue weighted by atomic mass is 10.1. The molecule has 0 aliphatic carbocycles. The van der Waals surface area contributed by atoms with Gasteiger partial charge in [0.25, 0.3) is 0 Å². The van der Waals surface area contributed by atoms with Crippen molar-refractivity contribution in [2.75, 3.05) is 38.5 Å². The van der Waals surface area contributed by atoms with Crippen molar-refractivity contribution in [1.82, 2.24) is 34.9 Å². The summed E-state index contributed by atoms with van der Waals surface area (Å²) in [7, 11) is 0. The number of carbonyl (C=O) groups excluding carboxylic acids is 1. The number of nitrogen functional groups attached to an aromatic ring is 1. The van der Waals surface area contributed by atoms with Gasteiger partial charge in [0.2, 0.25) is 5.91 Å². The van der Waals surface area contributed by atoms with Crippen molar-refractivity contribution < 1.29 is 4.79 Å². The van der Waals surface area contributed by atoms with Crippen LogP contribution in [0, 0.1) is 0 Å². The van der Waals surface area contributed by atoms with Crippen LogP contribution in [0.2, 0.25) is 0 Å². The second-order valence-corrected chi connectivity index (χ2v) is 9.26. The fraction of sp³-hybridized carbons (Fsp3) is 0.440. The highest BCUT2D eigenvalue weighted by molar-refractivity contribution is 5.98. The Hall–Kier alpha value is -3.30. The van der Waals surface area contributed by atoms with Crippen LogP contribution in [0.15, 0.2) is 43.2 Å². The van der Waals surface area contributed by atoms with Gasteiger partial charge < -0.3 is 16.0 Å². The Morgan fingerprint density at radius 3 is 2.85 bits per heavy atom. The van der Waals surface area contributed by atoms with Crippen LogP contribution in [0.25, 0.3) is 22.3 Å². The van der Waals surface area contributed by atoms with E-state index in [0.29, 0.717) is 24.1 Å². The highest BCUT2D eigenvalue weighted by Gasteiger charge is 2.28. The summed E-state index contributed by atoms with van der Waals surface area (Å²) >= 11 is 0. The second-order valence-electron chi connectivity index (χ2n) is 9.26. The number of fused-ring (bicyclic) bond motifs is 1. The molecule has 5 rings (SSSR count). The fourth-order valence-electron chi connectivity index (χ4n) is 5.06. The van der Waals surface area contributed by atoms with Crippen molar-refractivity contribution in [2.24, 2.45) is 0 Å². The van der Waals surface area contributed by atoms with E-state index in [2.05, 4.69) is 58.0 Å². The quantitative estimate of drug-likeness (QED) is 0.563. The highest BCUT2D eigenvalue weighted by atomic mass is 16.2. The second kappa shape index (κ2) is 9.52. The summed E-state index contributed by atoms with van der Waals surface area (Å²) in [5, 5.41) is 9.18. The van der Waals surface area contributed by atoms with Gasteiger partial charge in [-0.15, -0.1) is 0 Å². The third-order valence-corrected chi connectivity index (χ3v) is 7.00. The first-order valence-corrected chi connectivity index (χ1v) is 12.0. The molecule has 2 atom stereocenters. The Morgan fingerprint density at radius 1 is 1.26 bits per heavy atom. The summed E-state index contributed by atoms with van der Waals surface area (Å²) in [4.78, 5) is 25.3. The maximum atomic E-state index is 12.2. The van der Waals surface area contributed by atoms with Crippen LogP contribution in [0.3, 0.4) is 0 Å². The number of nitrogens with one attached hydrogen (secondary N) is 1. The molecule has 0 saturated carbocycles. The third-order valence-electron chi connectivity index (χ3n) is 7.00. The van der Waals surface area contributed by atoms with Gasteiger partial charge in [-0.2, -0.15) is 5.10 Å². The number of rotatable bonds is 5. The van der Waals surface area contributed by atoms with Crippen LogP contribution in [-0.2, 0) is 11.3 Å². The molecule has 2 fully saturated rings. The van der Waals surface area contributed by atoms with Gasteiger partial charge in [-0.05, 0) is 31.4 Å². The molecule has 0 spiro atoms. The molecule has 2 aromatic heterocycles. The number of carbonyl (C=O) groups is 1. The number of amides is 1. The Kier molecular flexibility index (Phi) is 6.30. The van der Waals surface area contributed by atoms with E-state index in [1.165, 1.54) is 18.0 Å². The van der Waals surface area contributed by atoms with Crippen molar-refractivity contribution >= 4 is 22.8 Å². The molecule has 4 heterocycles. The molecule has 2 saturated heterocycles. The number of piperazine rings is 1. The smallest absolute Gasteiger partial charge is 0.246 e. The maximum Gasteiger partial charge on any atom is 0.246 e. The van der Waals surface area contributed by atoms with Crippen LogP contribution < -0.4 is 11.1 Å². The van der Waals surface area contributed by atoms with Crippen molar-refractivity contribution in [3.63, 3.8) is 0 Å². The van der Waals surface area contributed by atoms with Crippen molar-refractivity contribution in [3.8, 4) is 11.3 Å². The lowest BCUT2D eigenvalue weighted by Crippen LogP contribution is -2.49. The standard InChI is InChI=1S/C25H32N8O/c1-3-21(34)32-11-4-5-20(15-32)33-25-22(24(26)28-16-29-25)23(30-33)19-8-6-18(7-9-19)14-31-12-10-27-13-17(31)2/h3,6-9,16-17,20,27H,1,4-5,10-15H2,2H3,(H2,26,28,29). The summed E-state index contributed by atoms with van der Waals surface area (Å²) in [6, 6.07) is 9.09. The van der Waals surface area contributed by atoms with E-state index < -0.39 is 0 Å². The molecule has 178 valence electrons. The molecule has 0 radical (unpaired) electrons. The summed E-state index contributed by atoms with van der Waals surface area (Å²) in [5.41, 5.74) is 10.1. The number of hydrogen-bond donors (Lipinski definition) is 2. The molecule has 0 bridgehead atoms. The molecule has 34 heavy (non-hydrogen) atoms. The largest absolute Gasteiger partial charge is 0.383 e. The van der Waals surface area contributed by atoms with Crippen molar-refractivity contribution in [2.45, 2.75) is 38.4 Å². The average molecular weight is 461 g/mol. The van der Waals surface area contributed by atoms with Crippen LogP contribution in [0.4, 0.5) is 5.82 Å². The molecule has 9 heteroatoms. The van der Waals surface area contributed by atoms with Crippen LogP contribution >= 0.6 is 0 Å². The molecule has 2 aliphatic rings. The highest BCUT2D eigenvalue weighted by Crippen LogP contribution is 2.34. The monoisotopic (exact) mass is 460 g/mol. The van der Waals surface area contributed by atoms with Gasteiger partial charge in [0.15, 0.2) is 5.65 Å². The van der Waals surface area contributed by atoms with E-state index in [-0.39, 0.29) is 11.9 Å². The predicted octanol–water partition coefficient (Wildman–Crippen LogP) is 2.22. The number of nitrogens with two attached hydrogens (primary N) is 1. The van der Waals surface area contributed by atoms with Gasteiger partial charge in [0, 0.05) is 50.9 Å². The predicted molar refractivity (Wildman–Crippen MR) is 133 cm³/mol. The molecule has 2 unspecified atom stereocenters. The zero-order chi connectivity index (χ0) is 23.7. The minimum absolute atomic E-state index is 0.0247. The van der Waals surface area contributed by atoms with E-state index in [1.807, 2.05) is 9.58 Å². The molecular formula is C25H32N8O. The minimum Gasteiger partial charge on any atom is -0.383 e. The molecule has 9 nitrogen and oxygen atoms in total. The third kappa shape index (κ3) is 4.28. The normalized spacial score (nSPS) is 21.6. The SMILES string of the molecule is C=CC(=O)N1CCCC(n2nc(-c3ccc(CN4CCNCC4C)cc3)c3c(N)ncnc32)C1. The Bertz CT molecular complexity index is 1190. The van der Waals surface area contributed by atoms with E-state index in [0.717, 1.165) is 62.2 Å². The molecule has 3 aromatic rings. The van der Waals surface area contributed by atoms with Crippen LogP contribution in [0.1, 0.15) is 31.4 Å². The zero-order valence-corrected chi connectivity index (χ0v) is 19.7. The lowest BCUT2D eigenvalue weighted by molar-refractivity contribution is -0.127. The topological polar surface area (TPSA) is 105 Å². The van der Waals surface area contributed by atoms with E-state index in [9.17, 15) is 4.79 Å². The van der Waals surface area contributed by atoms with Gasteiger partial charge in [0.1, 0.15) is 17.8 Å². The van der Waals surface area contributed by atoms with E-state index in [4.69, 9.17) is 10.8 Å². The van der Waals surface area contributed by atoms with Crippen molar-refractivity contribution in [1.29, 1.82) is 0 Å². The first-order chi connectivity index (χ1) is 16.5. The maximum absolute atomic E-state index is 12.2. The number of benzene rings is 1. The first kappa shape index (κ1) is 22.5. The van der Waals surface area contributed by atoms with Gasteiger partial charge in [-0.25, -0.2) is 14.6 Å². The molecule has 1 aromatic carbocycles. The van der Waals surface area contributed by atoms with E-state index >= 15 is 0 Å². The first-order valence-electron chi connectivity index (χ1n) is 12.0. The number of hydrogen-bond acceptors (Lipinski definition) is 7. The lowest BCUT2D eigenvalue weighted by Gasteiger charge is -2.33. The van der Waals surface area contributed by atoms with Crippen LogP contribution in [-0.4, -0.2) is 74.2 Å². The van der Waals surface area contributed by atoms with Crippen LogP contribution in [0.5, 0.6) is 0 Å². The Labute approximate surface area is 199 Å². The Balaban J connectivity index is 1.46. The number of piperidine rings is 1. The number of nitrogens with zero attached hydrogens (tertiary/aromatic N) is 6.